The van der Waals surface area contributed by atoms with E-state index in [0.29, 0.717) is 22.9 Å². The molecule has 1 atom stereocenters. The Kier molecular flexibility index (Phi) is 6.44. The van der Waals surface area contributed by atoms with Crippen LogP contribution in [-0.2, 0) is 6.42 Å². The van der Waals surface area contributed by atoms with Crippen molar-refractivity contribution < 1.29 is 5.11 Å². The number of aliphatic hydroxyl groups is 1. The summed E-state index contributed by atoms with van der Waals surface area (Å²) in [4.78, 5) is 0. The number of rotatable bonds is 7. The number of hydrogen-bond donors (Lipinski definition) is 2. The first-order valence-electron chi connectivity index (χ1n) is 6.32. The van der Waals surface area contributed by atoms with Crippen LogP contribution in [-0.4, -0.2) is 23.8 Å². The van der Waals surface area contributed by atoms with Crippen LogP contribution in [0.15, 0.2) is 18.2 Å². The zero-order chi connectivity index (χ0) is 13.6. The fraction of sp³-hybridized carbons (Fsp3) is 0.571. The van der Waals surface area contributed by atoms with E-state index in [1.54, 1.807) is 6.07 Å². The summed E-state index contributed by atoms with van der Waals surface area (Å²) in [6, 6.07) is 5.52. The zero-order valence-electron chi connectivity index (χ0n) is 11.0. The third-order valence-corrected chi connectivity index (χ3v) is 3.73. The largest absolute Gasteiger partial charge is 0.390 e. The molecule has 0 spiro atoms. The molecule has 4 heteroatoms. The quantitative estimate of drug-likeness (QED) is 0.751. The SMILES string of the molecule is CCCNCCC(C)(O)Cc1cccc(Cl)c1Cl. The van der Waals surface area contributed by atoms with Gasteiger partial charge in [0.05, 0.1) is 15.6 Å². The molecule has 1 unspecified atom stereocenters. The van der Waals surface area contributed by atoms with E-state index in [9.17, 15) is 5.11 Å². The van der Waals surface area contributed by atoms with Crippen molar-refractivity contribution in [3.05, 3.63) is 33.8 Å². The molecule has 0 saturated heterocycles. The highest BCUT2D eigenvalue weighted by Crippen LogP contribution is 2.29. The molecular weight excluding hydrogens is 269 g/mol. The predicted molar refractivity (Wildman–Crippen MR) is 78.6 cm³/mol. The molecule has 0 radical (unpaired) electrons. The molecule has 2 N–H and O–H groups in total. The Hall–Kier alpha value is -0.280. The third kappa shape index (κ3) is 5.15. The van der Waals surface area contributed by atoms with E-state index in [2.05, 4.69) is 12.2 Å². The van der Waals surface area contributed by atoms with Gasteiger partial charge in [-0.15, -0.1) is 0 Å². The molecule has 0 aliphatic heterocycles. The monoisotopic (exact) mass is 289 g/mol. The molecule has 0 aliphatic rings. The second-order valence-electron chi connectivity index (χ2n) is 4.89. The molecule has 2 nitrogen and oxygen atoms in total. The van der Waals surface area contributed by atoms with Gasteiger partial charge in [-0.3, -0.25) is 0 Å². The van der Waals surface area contributed by atoms with Crippen molar-refractivity contribution in [2.24, 2.45) is 0 Å². The molecule has 1 rings (SSSR count). The van der Waals surface area contributed by atoms with Gasteiger partial charge < -0.3 is 10.4 Å². The normalized spacial score (nSPS) is 14.5. The molecule has 1 aromatic rings. The topological polar surface area (TPSA) is 32.3 Å². The van der Waals surface area contributed by atoms with E-state index in [1.165, 1.54) is 0 Å². The van der Waals surface area contributed by atoms with Crippen LogP contribution < -0.4 is 5.32 Å². The van der Waals surface area contributed by atoms with E-state index >= 15 is 0 Å². The summed E-state index contributed by atoms with van der Waals surface area (Å²) in [5.41, 5.74) is 0.124. The van der Waals surface area contributed by atoms with Gasteiger partial charge in [0.15, 0.2) is 0 Å². The van der Waals surface area contributed by atoms with E-state index in [-0.39, 0.29) is 0 Å². The van der Waals surface area contributed by atoms with Crippen LogP contribution in [0.4, 0.5) is 0 Å². The lowest BCUT2D eigenvalue weighted by Crippen LogP contribution is -2.32. The molecule has 0 fully saturated rings. The standard InChI is InChI=1S/C14H21Cl2NO/c1-3-8-17-9-7-14(2,18)10-11-5-4-6-12(15)13(11)16/h4-6,17-18H,3,7-10H2,1-2H3. The average Bonchev–Trinajstić information content (AvgIpc) is 2.31. The Morgan fingerprint density at radius 1 is 1.28 bits per heavy atom. The Balaban J connectivity index is 2.56. The Morgan fingerprint density at radius 3 is 2.67 bits per heavy atom. The lowest BCUT2D eigenvalue weighted by molar-refractivity contribution is 0.0516. The van der Waals surface area contributed by atoms with Crippen LogP contribution in [0.25, 0.3) is 0 Å². The molecule has 0 amide bonds. The molecule has 0 saturated carbocycles. The van der Waals surface area contributed by atoms with Crippen LogP contribution in [0.2, 0.25) is 10.0 Å². The van der Waals surface area contributed by atoms with Gasteiger partial charge in [-0.05, 0) is 44.5 Å². The average molecular weight is 290 g/mol. The van der Waals surface area contributed by atoms with Crippen LogP contribution in [0.5, 0.6) is 0 Å². The van der Waals surface area contributed by atoms with E-state index < -0.39 is 5.60 Å². The van der Waals surface area contributed by atoms with Crippen molar-refractivity contribution >= 4 is 23.2 Å². The van der Waals surface area contributed by atoms with Gasteiger partial charge in [-0.25, -0.2) is 0 Å². The Bertz CT molecular complexity index is 380. The first kappa shape index (κ1) is 15.8. The first-order valence-corrected chi connectivity index (χ1v) is 7.08. The summed E-state index contributed by atoms with van der Waals surface area (Å²) in [7, 11) is 0. The molecule has 18 heavy (non-hydrogen) atoms. The van der Waals surface area contributed by atoms with Gasteiger partial charge in [0.25, 0.3) is 0 Å². The van der Waals surface area contributed by atoms with Crippen LogP contribution in [0.1, 0.15) is 32.3 Å². The molecule has 1 aromatic carbocycles. The summed E-state index contributed by atoms with van der Waals surface area (Å²) in [6.07, 6.45) is 2.30. The summed E-state index contributed by atoms with van der Waals surface area (Å²) in [6.45, 7) is 5.74. The van der Waals surface area contributed by atoms with E-state index in [4.69, 9.17) is 23.2 Å². The number of benzene rings is 1. The van der Waals surface area contributed by atoms with Crippen LogP contribution in [0, 0.1) is 0 Å². The van der Waals surface area contributed by atoms with E-state index in [0.717, 1.165) is 25.1 Å². The first-order chi connectivity index (χ1) is 8.46. The third-order valence-electron chi connectivity index (χ3n) is 2.87. The van der Waals surface area contributed by atoms with Gasteiger partial charge in [0.1, 0.15) is 0 Å². The van der Waals surface area contributed by atoms with Crippen molar-refractivity contribution in [2.75, 3.05) is 13.1 Å². The Labute approximate surface area is 119 Å². The van der Waals surface area contributed by atoms with Gasteiger partial charge >= 0.3 is 0 Å². The van der Waals surface area contributed by atoms with Crippen molar-refractivity contribution in [1.82, 2.24) is 5.32 Å². The summed E-state index contributed by atoms with van der Waals surface area (Å²) >= 11 is 12.1. The highest BCUT2D eigenvalue weighted by Gasteiger charge is 2.22. The van der Waals surface area contributed by atoms with Crippen LogP contribution in [0.3, 0.4) is 0 Å². The van der Waals surface area contributed by atoms with Crippen molar-refractivity contribution in [1.29, 1.82) is 0 Å². The minimum Gasteiger partial charge on any atom is -0.390 e. The minimum absolute atomic E-state index is 0.514. The van der Waals surface area contributed by atoms with Gasteiger partial charge in [-0.1, -0.05) is 42.3 Å². The number of nitrogens with one attached hydrogen (secondary N) is 1. The fourth-order valence-corrected chi connectivity index (χ4v) is 2.23. The lowest BCUT2D eigenvalue weighted by Gasteiger charge is -2.24. The predicted octanol–water partition coefficient (Wildman–Crippen LogP) is 3.68. The lowest BCUT2D eigenvalue weighted by atomic mass is 9.93. The molecule has 102 valence electrons. The van der Waals surface area contributed by atoms with Gasteiger partial charge in [0, 0.05) is 6.42 Å². The Morgan fingerprint density at radius 2 is 2.00 bits per heavy atom. The van der Waals surface area contributed by atoms with Crippen molar-refractivity contribution in [2.45, 2.75) is 38.7 Å². The van der Waals surface area contributed by atoms with Gasteiger partial charge in [0.2, 0.25) is 0 Å². The summed E-state index contributed by atoms with van der Waals surface area (Å²) < 4.78 is 0. The summed E-state index contributed by atoms with van der Waals surface area (Å²) in [5.74, 6) is 0. The molecule has 0 heterocycles. The smallest absolute Gasteiger partial charge is 0.0672 e. The van der Waals surface area contributed by atoms with Crippen LogP contribution >= 0.6 is 23.2 Å². The maximum absolute atomic E-state index is 10.3. The number of hydrogen-bond acceptors (Lipinski definition) is 2. The highest BCUT2D eigenvalue weighted by atomic mass is 35.5. The minimum atomic E-state index is -0.769. The second kappa shape index (κ2) is 7.34. The van der Waals surface area contributed by atoms with E-state index in [1.807, 2.05) is 19.1 Å². The van der Waals surface area contributed by atoms with Gasteiger partial charge in [-0.2, -0.15) is 0 Å². The fourth-order valence-electron chi connectivity index (χ4n) is 1.84. The number of halogens is 2. The maximum atomic E-state index is 10.3. The summed E-state index contributed by atoms with van der Waals surface area (Å²) in [5, 5.41) is 14.7. The van der Waals surface area contributed by atoms with Crippen molar-refractivity contribution in [3.63, 3.8) is 0 Å². The molecule has 0 bridgehead atoms. The highest BCUT2D eigenvalue weighted by molar-refractivity contribution is 6.42. The molecular formula is C14H21Cl2NO. The van der Waals surface area contributed by atoms with Crippen molar-refractivity contribution in [3.8, 4) is 0 Å². The zero-order valence-corrected chi connectivity index (χ0v) is 12.5. The second-order valence-corrected chi connectivity index (χ2v) is 5.67. The maximum Gasteiger partial charge on any atom is 0.0672 e. The molecule has 0 aromatic heterocycles. The molecule has 0 aliphatic carbocycles.